The highest BCUT2D eigenvalue weighted by molar-refractivity contribution is 7.11. The standard InChI is InChI=1S/C18H9Cl2N3O2S/c19-13-3-6-15(16(20)8-13)17-10-26-18(22-17)12(9-21)7-11-1-4-14(5-2-11)23(24)25/h1-8,10H/b12-7+. The molecule has 0 radical (unpaired) electrons. The Bertz CT molecular complexity index is 1050. The predicted molar refractivity (Wildman–Crippen MR) is 104 cm³/mol. The summed E-state index contributed by atoms with van der Waals surface area (Å²) in [6.45, 7) is 0. The maximum atomic E-state index is 10.7. The number of nitrogens with zero attached hydrogens (tertiary/aromatic N) is 3. The number of benzene rings is 2. The lowest BCUT2D eigenvalue weighted by atomic mass is 10.1. The Morgan fingerprint density at radius 1 is 1.23 bits per heavy atom. The van der Waals surface area contributed by atoms with E-state index in [9.17, 15) is 15.4 Å². The lowest BCUT2D eigenvalue weighted by molar-refractivity contribution is -0.384. The van der Waals surface area contributed by atoms with Gasteiger partial charge in [-0.05, 0) is 42.0 Å². The molecule has 0 fully saturated rings. The van der Waals surface area contributed by atoms with E-state index in [1.165, 1.54) is 23.5 Å². The second-order valence-corrected chi connectivity index (χ2v) is 6.88. The van der Waals surface area contributed by atoms with E-state index in [-0.39, 0.29) is 5.69 Å². The molecule has 0 N–H and O–H groups in total. The Morgan fingerprint density at radius 2 is 1.96 bits per heavy atom. The molecule has 5 nitrogen and oxygen atoms in total. The molecule has 0 saturated carbocycles. The molecule has 0 unspecified atom stereocenters. The van der Waals surface area contributed by atoms with Gasteiger partial charge in [0.25, 0.3) is 5.69 Å². The minimum atomic E-state index is -0.471. The molecular formula is C18H9Cl2N3O2S. The molecule has 0 aliphatic carbocycles. The summed E-state index contributed by atoms with van der Waals surface area (Å²) in [5.74, 6) is 0. The van der Waals surface area contributed by atoms with Gasteiger partial charge >= 0.3 is 0 Å². The highest BCUT2D eigenvalue weighted by Crippen LogP contribution is 2.33. The SMILES string of the molecule is N#C/C(=C\c1ccc([N+](=O)[O-])cc1)c1nc(-c2ccc(Cl)cc2Cl)cs1. The fourth-order valence-corrected chi connectivity index (χ4v) is 3.51. The van der Waals surface area contributed by atoms with E-state index >= 15 is 0 Å². The summed E-state index contributed by atoms with van der Waals surface area (Å²) in [4.78, 5) is 14.7. The first-order chi connectivity index (χ1) is 12.5. The maximum Gasteiger partial charge on any atom is 0.269 e. The van der Waals surface area contributed by atoms with Crippen LogP contribution >= 0.6 is 34.5 Å². The molecule has 0 amide bonds. The first-order valence-corrected chi connectivity index (χ1v) is 8.89. The van der Waals surface area contributed by atoms with Crippen molar-refractivity contribution in [1.29, 1.82) is 5.26 Å². The third-order valence-corrected chi connectivity index (χ3v) is 4.90. The molecule has 3 rings (SSSR count). The summed E-state index contributed by atoms with van der Waals surface area (Å²) in [6.07, 6.45) is 1.63. The molecule has 0 spiro atoms. The van der Waals surface area contributed by atoms with Gasteiger partial charge < -0.3 is 0 Å². The van der Waals surface area contributed by atoms with Gasteiger partial charge in [-0.3, -0.25) is 10.1 Å². The monoisotopic (exact) mass is 401 g/mol. The largest absolute Gasteiger partial charge is 0.269 e. The van der Waals surface area contributed by atoms with Gasteiger partial charge in [-0.2, -0.15) is 5.26 Å². The second kappa shape index (κ2) is 7.67. The van der Waals surface area contributed by atoms with Gasteiger partial charge in [0.15, 0.2) is 0 Å². The highest BCUT2D eigenvalue weighted by Gasteiger charge is 2.12. The zero-order chi connectivity index (χ0) is 18.7. The summed E-state index contributed by atoms with van der Waals surface area (Å²) >= 11 is 13.4. The number of non-ortho nitro benzene ring substituents is 1. The van der Waals surface area contributed by atoms with Crippen LogP contribution < -0.4 is 0 Å². The summed E-state index contributed by atoms with van der Waals surface area (Å²) < 4.78 is 0. The van der Waals surface area contributed by atoms with Gasteiger partial charge in [0.05, 0.1) is 21.2 Å². The minimum absolute atomic E-state index is 0.00503. The normalized spacial score (nSPS) is 11.2. The smallest absolute Gasteiger partial charge is 0.258 e. The first-order valence-electron chi connectivity index (χ1n) is 7.25. The van der Waals surface area contributed by atoms with Crippen molar-refractivity contribution in [3.63, 3.8) is 0 Å². The van der Waals surface area contributed by atoms with E-state index in [2.05, 4.69) is 11.1 Å². The van der Waals surface area contributed by atoms with Crippen LogP contribution in [0.1, 0.15) is 10.6 Å². The van der Waals surface area contributed by atoms with E-state index in [4.69, 9.17) is 23.2 Å². The molecule has 1 heterocycles. The van der Waals surface area contributed by atoms with Crippen LogP contribution in [0.2, 0.25) is 10.0 Å². The lowest BCUT2D eigenvalue weighted by Gasteiger charge is -2.01. The third-order valence-electron chi connectivity index (χ3n) is 3.48. The van der Waals surface area contributed by atoms with Crippen molar-refractivity contribution in [2.75, 3.05) is 0 Å². The number of thiazole rings is 1. The van der Waals surface area contributed by atoms with Crippen LogP contribution in [-0.2, 0) is 0 Å². The molecule has 3 aromatic rings. The number of hydrogen-bond acceptors (Lipinski definition) is 5. The summed E-state index contributed by atoms with van der Waals surface area (Å²) in [7, 11) is 0. The van der Waals surface area contributed by atoms with E-state index in [0.717, 1.165) is 5.56 Å². The van der Waals surface area contributed by atoms with Gasteiger partial charge in [-0.1, -0.05) is 23.2 Å². The molecule has 1 aromatic heterocycles. The minimum Gasteiger partial charge on any atom is -0.258 e. The van der Waals surface area contributed by atoms with Crippen LogP contribution in [-0.4, -0.2) is 9.91 Å². The number of rotatable bonds is 4. The first kappa shape index (κ1) is 18.1. The summed E-state index contributed by atoms with van der Waals surface area (Å²) in [5, 5.41) is 23.5. The van der Waals surface area contributed by atoms with Crippen LogP contribution in [0, 0.1) is 21.4 Å². The zero-order valence-corrected chi connectivity index (χ0v) is 15.3. The van der Waals surface area contributed by atoms with Crippen molar-refractivity contribution in [2.45, 2.75) is 0 Å². The molecule has 0 aliphatic rings. The molecule has 8 heteroatoms. The zero-order valence-electron chi connectivity index (χ0n) is 13.0. The molecule has 2 aromatic carbocycles. The Hall–Kier alpha value is -2.72. The van der Waals surface area contributed by atoms with Crippen LogP contribution in [0.15, 0.2) is 47.8 Å². The van der Waals surface area contributed by atoms with Crippen LogP contribution in [0.3, 0.4) is 0 Å². The third kappa shape index (κ3) is 3.92. The van der Waals surface area contributed by atoms with E-state index < -0.39 is 4.92 Å². The topological polar surface area (TPSA) is 79.8 Å². The van der Waals surface area contributed by atoms with Gasteiger partial charge in [0.2, 0.25) is 0 Å². The number of nitro benzene ring substituents is 1. The molecule has 0 bridgehead atoms. The number of nitro groups is 1. The Balaban J connectivity index is 1.93. The fourth-order valence-electron chi connectivity index (χ4n) is 2.22. The van der Waals surface area contributed by atoms with Crippen LogP contribution in [0.25, 0.3) is 22.9 Å². The van der Waals surface area contributed by atoms with Crippen molar-refractivity contribution in [3.05, 3.63) is 78.6 Å². The maximum absolute atomic E-state index is 10.7. The van der Waals surface area contributed by atoms with Crippen molar-refractivity contribution in [1.82, 2.24) is 4.98 Å². The van der Waals surface area contributed by atoms with E-state index in [0.29, 0.717) is 31.9 Å². The van der Waals surface area contributed by atoms with Crippen LogP contribution in [0.5, 0.6) is 0 Å². The lowest BCUT2D eigenvalue weighted by Crippen LogP contribution is -1.87. The molecular weight excluding hydrogens is 393 g/mol. The van der Waals surface area contributed by atoms with Crippen molar-refractivity contribution in [2.24, 2.45) is 0 Å². The average Bonchev–Trinajstić information content (AvgIpc) is 3.09. The van der Waals surface area contributed by atoms with Gasteiger partial charge in [0.1, 0.15) is 11.1 Å². The average molecular weight is 402 g/mol. The number of nitriles is 1. The number of hydrogen-bond donors (Lipinski definition) is 0. The Labute approximate surface area is 162 Å². The summed E-state index contributed by atoms with van der Waals surface area (Å²) in [6, 6.07) is 13.2. The Morgan fingerprint density at radius 3 is 2.58 bits per heavy atom. The van der Waals surface area contributed by atoms with Crippen molar-refractivity contribution < 1.29 is 4.92 Å². The van der Waals surface area contributed by atoms with Crippen molar-refractivity contribution >= 4 is 51.9 Å². The Kier molecular flexibility index (Phi) is 5.33. The fraction of sp³-hybridized carbons (Fsp3) is 0. The van der Waals surface area contributed by atoms with Crippen LogP contribution in [0.4, 0.5) is 5.69 Å². The molecule has 0 aliphatic heterocycles. The second-order valence-electron chi connectivity index (χ2n) is 5.18. The molecule has 26 heavy (non-hydrogen) atoms. The highest BCUT2D eigenvalue weighted by atomic mass is 35.5. The number of allylic oxidation sites excluding steroid dienone is 1. The van der Waals surface area contributed by atoms with Gasteiger partial charge in [-0.15, -0.1) is 11.3 Å². The number of aromatic nitrogens is 1. The summed E-state index contributed by atoms with van der Waals surface area (Å²) in [5.41, 5.74) is 2.41. The molecule has 0 saturated heterocycles. The van der Waals surface area contributed by atoms with E-state index in [1.807, 2.05) is 5.38 Å². The van der Waals surface area contributed by atoms with E-state index in [1.54, 1.807) is 36.4 Å². The predicted octanol–water partition coefficient (Wildman–Crippen LogP) is 6.09. The quantitative estimate of drug-likeness (QED) is 0.301. The van der Waals surface area contributed by atoms with Gasteiger partial charge in [-0.25, -0.2) is 4.98 Å². The van der Waals surface area contributed by atoms with Gasteiger partial charge in [0, 0.05) is 28.1 Å². The molecule has 128 valence electrons. The molecule has 0 atom stereocenters. The van der Waals surface area contributed by atoms with Crippen molar-refractivity contribution in [3.8, 4) is 17.3 Å². The number of halogens is 2.